The SMILES string of the molecule is COCCOc1cc(-c2cc(C(F)(F)F)n(C)n2)c(F)cc1Cl. The van der Waals surface area contributed by atoms with E-state index < -0.39 is 17.7 Å². The van der Waals surface area contributed by atoms with Gasteiger partial charge < -0.3 is 9.47 Å². The minimum Gasteiger partial charge on any atom is -0.490 e. The molecule has 0 atom stereocenters. The first-order valence-corrected chi connectivity index (χ1v) is 6.84. The Morgan fingerprint density at radius 3 is 2.48 bits per heavy atom. The smallest absolute Gasteiger partial charge is 0.433 e. The third-order valence-electron chi connectivity index (χ3n) is 3.01. The van der Waals surface area contributed by atoms with E-state index in [-0.39, 0.29) is 35.2 Å². The number of nitrogens with zero attached hydrogens (tertiary/aromatic N) is 2. The molecule has 0 unspecified atom stereocenters. The molecule has 0 radical (unpaired) electrons. The lowest BCUT2D eigenvalue weighted by atomic mass is 10.1. The number of hydrogen-bond donors (Lipinski definition) is 0. The maximum Gasteiger partial charge on any atom is 0.433 e. The first-order valence-electron chi connectivity index (χ1n) is 6.46. The van der Waals surface area contributed by atoms with Gasteiger partial charge in [-0.3, -0.25) is 4.68 Å². The fourth-order valence-electron chi connectivity index (χ4n) is 1.94. The summed E-state index contributed by atoms with van der Waals surface area (Å²) in [5.41, 5.74) is -1.28. The van der Waals surface area contributed by atoms with Gasteiger partial charge in [0.05, 0.1) is 17.3 Å². The molecule has 0 amide bonds. The lowest BCUT2D eigenvalue weighted by molar-refractivity contribution is -0.143. The molecule has 0 saturated heterocycles. The molecule has 2 rings (SSSR count). The Labute approximate surface area is 134 Å². The van der Waals surface area contributed by atoms with Crippen LogP contribution in [0.15, 0.2) is 18.2 Å². The first-order chi connectivity index (χ1) is 10.7. The van der Waals surface area contributed by atoms with Gasteiger partial charge in [0.25, 0.3) is 0 Å². The second-order valence-electron chi connectivity index (χ2n) is 4.64. The summed E-state index contributed by atoms with van der Waals surface area (Å²) in [6.45, 7) is 0.447. The number of ether oxygens (including phenoxy) is 2. The van der Waals surface area contributed by atoms with Crippen molar-refractivity contribution in [2.24, 2.45) is 7.05 Å². The van der Waals surface area contributed by atoms with Gasteiger partial charge in [0.1, 0.15) is 23.9 Å². The summed E-state index contributed by atoms with van der Waals surface area (Å²) < 4.78 is 63.3. The summed E-state index contributed by atoms with van der Waals surface area (Å²) in [5, 5.41) is 3.72. The second kappa shape index (κ2) is 6.76. The number of aryl methyl sites for hydroxylation is 1. The van der Waals surface area contributed by atoms with E-state index >= 15 is 0 Å². The Hall–Kier alpha value is -1.80. The number of benzene rings is 1. The van der Waals surface area contributed by atoms with E-state index in [1.165, 1.54) is 13.2 Å². The van der Waals surface area contributed by atoms with E-state index in [2.05, 4.69) is 5.10 Å². The molecule has 0 aliphatic carbocycles. The molecule has 23 heavy (non-hydrogen) atoms. The van der Waals surface area contributed by atoms with E-state index in [1.54, 1.807) is 0 Å². The molecule has 0 aliphatic heterocycles. The molecule has 1 aromatic heterocycles. The predicted molar refractivity (Wildman–Crippen MR) is 76.0 cm³/mol. The Morgan fingerprint density at radius 2 is 1.91 bits per heavy atom. The van der Waals surface area contributed by atoms with E-state index in [1.807, 2.05) is 0 Å². The minimum absolute atomic E-state index is 0.00864. The molecule has 0 fully saturated rings. The Balaban J connectivity index is 2.41. The number of rotatable bonds is 5. The third-order valence-corrected chi connectivity index (χ3v) is 3.31. The van der Waals surface area contributed by atoms with Gasteiger partial charge in [-0.05, 0) is 18.2 Å². The lowest BCUT2D eigenvalue weighted by Gasteiger charge is -2.09. The van der Waals surface area contributed by atoms with Crippen molar-refractivity contribution in [2.45, 2.75) is 6.18 Å². The monoisotopic (exact) mass is 352 g/mol. The zero-order chi connectivity index (χ0) is 17.2. The van der Waals surface area contributed by atoms with Crippen LogP contribution in [0.4, 0.5) is 17.6 Å². The minimum atomic E-state index is -4.58. The molecule has 0 bridgehead atoms. The summed E-state index contributed by atoms with van der Waals surface area (Å²) in [6.07, 6.45) is -4.58. The van der Waals surface area contributed by atoms with Gasteiger partial charge in [-0.1, -0.05) is 11.6 Å². The van der Waals surface area contributed by atoms with Crippen LogP contribution in [0.3, 0.4) is 0 Å². The van der Waals surface area contributed by atoms with Gasteiger partial charge >= 0.3 is 6.18 Å². The van der Waals surface area contributed by atoms with Crippen molar-refractivity contribution in [3.63, 3.8) is 0 Å². The highest BCUT2D eigenvalue weighted by atomic mass is 35.5. The molecule has 1 aromatic carbocycles. The number of halogens is 5. The van der Waals surface area contributed by atoms with Gasteiger partial charge in [-0.15, -0.1) is 0 Å². The summed E-state index contributed by atoms with van der Waals surface area (Å²) in [4.78, 5) is 0. The van der Waals surface area contributed by atoms with Crippen molar-refractivity contribution in [1.29, 1.82) is 0 Å². The van der Waals surface area contributed by atoms with E-state index in [0.29, 0.717) is 4.68 Å². The Morgan fingerprint density at radius 1 is 1.22 bits per heavy atom. The number of alkyl halides is 3. The number of aromatic nitrogens is 2. The van der Waals surface area contributed by atoms with Crippen molar-refractivity contribution in [3.8, 4) is 17.0 Å². The van der Waals surface area contributed by atoms with Crippen LogP contribution in [-0.2, 0) is 18.0 Å². The molecular weight excluding hydrogens is 340 g/mol. The summed E-state index contributed by atoms with van der Waals surface area (Å²) in [7, 11) is 2.61. The standard InChI is InChI=1S/C14H13ClF4N2O2/c1-21-13(14(17,18)19)7-11(20-21)8-5-12(23-4-3-22-2)9(15)6-10(8)16/h5-7H,3-4H2,1-2H3. The van der Waals surface area contributed by atoms with Crippen LogP contribution in [0.1, 0.15) is 5.69 Å². The average molecular weight is 353 g/mol. The quantitative estimate of drug-likeness (QED) is 0.604. The van der Waals surface area contributed by atoms with E-state index in [9.17, 15) is 17.6 Å². The van der Waals surface area contributed by atoms with Crippen LogP contribution in [0, 0.1) is 5.82 Å². The molecule has 0 aliphatic rings. The maximum absolute atomic E-state index is 14.0. The first kappa shape index (κ1) is 17.6. The predicted octanol–water partition coefficient (Wildman–Crippen LogP) is 3.92. The molecule has 9 heteroatoms. The zero-order valence-corrected chi connectivity index (χ0v) is 13.0. The number of hydrogen-bond acceptors (Lipinski definition) is 3. The molecule has 0 N–H and O–H groups in total. The van der Waals surface area contributed by atoms with Crippen LogP contribution in [0.2, 0.25) is 5.02 Å². The van der Waals surface area contributed by atoms with Gasteiger partial charge in [0.15, 0.2) is 0 Å². The topological polar surface area (TPSA) is 36.3 Å². The Bertz CT molecular complexity index is 701. The normalized spacial score (nSPS) is 11.8. The molecule has 2 aromatic rings. The van der Waals surface area contributed by atoms with Crippen LogP contribution in [-0.4, -0.2) is 30.1 Å². The van der Waals surface area contributed by atoms with Gasteiger partial charge in [0, 0.05) is 19.7 Å². The van der Waals surface area contributed by atoms with Gasteiger partial charge in [-0.25, -0.2) is 4.39 Å². The summed E-state index contributed by atoms with van der Waals surface area (Å²) >= 11 is 5.87. The fourth-order valence-corrected chi connectivity index (χ4v) is 2.14. The highest BCUT2D eigenvalue weighted by Gasteiger charge is 2.35. The molecule has 1 heterocycles. The van der Waals surface area contributed by atoms with Crippen LogP contribution in [0.25, 0.3) is 11.3 Å². The van der Waals surface area contributed by atoms with Crippen LogP contribution < -0.4 is 4.74 Å². The van der Waals surface area contributed by atoms with Crippen molar-refractivity contribution in [2.75, 3.05) is 20.3 Å². The largest absolute Gasteiger partial charge is 0.490 e. The summed E-state index contributed by atoms with van der Waals surface area (Å²) in [5.74, 6) is -0.653. The van der Waals surface area contributed by atoms with Crippen molar-refractivity contribution >= 4 is 11.6 Å². The van der Waals surface area contributed by atoms with Gasteiger partial charge in [0.2, 0.25) is 0 Å². The summed E-state index contributed by atoms with van der Waals surface area (Å²) in [6, 6.07) is 2.96. The molecule has 0 saturated carbocycles. The molecule has 126 valence electrons. The van der Waals surface area contributed by atoms with Crippen molar-refractivity contribution in [1.82, 2.24) is 9.78 Å². The average Bonchev–Trinajstić information content (AvgIpc) is 2.83. The maximum atomic E-state index is 14.0. The Kier molecular flexibility index (Phi) is 5.16. The molecule has 0 spiro atoms. The van der Waals surface area contributed by atoms with Crippen molar-refractivity contribution in [3.05, 3.63) is 34.7 Å². The fraction of sp³-hybridized carbons (Fsp3) is 0.357. The second-order valence-corrected chi connectivity index (χ2v) is 5.05. The van der Waals surface area contributed by atoms with E-state index in [0.717, 1.165) is 19.2 Å². The van der Waals surface area contributed by atoms with Gasteiger partial charge in [-0.2, -0.15) is 18.3 Å². The zero-order valence-electron chi connectivity index (χ0n) is 12.2. The molecular formula is C14H13ClF4N2O2. The molecule has 4 nitrogen and oxygen atoms in total. The highest BCUT2D eigenvalue weighted by molar-refractivity contribution is 6.32. The number of methoxy groups -OCH3 is 1. The van der Waals surface area contributed by atoms with E-state index in [4.69, 9.17) is 21.1 Å². The van der Waals surface area contributed by atoms with Crippen LogP contribution in [0.5, 0.6) is 5.75 Å². The highest BCUT2D eigenvalue weighted by Crippen LogP contribution is 2.36. The van der Waals surface area contributed by atoms with Crippen LogP contribution >= 0.6 is 11.6 Å². The third kappa shape index (κ3) is 3.94. The lowest BCUT2D eigenvalue weighted by Crippen LogP contribution is -2.11. The van der Waals surface area contributed by atoms with Crippen molar-refractivity contribution < 1.29 is 27.0 Å².